The van der Waals surface area contributed by atoms with Crippen LogP contribution >= 0.6 is 0 Å². The van der Waals surface area contributed by atoms with Crippen molar-refractivity contribution in [1.29, 1.82) is 0 Å². The lowest BCUT2D eigenvalue weighted by atomic mass is 10.1. The third-order valence-corrected chi connectivity index (χ3v) is 3.52. The van der Waals surface area contributed by atoms with Crippen LogP contribution in [0, 0.1) is 13.8 Å². The quantitative estimate of drug-likeness (QED) is 0.904. The van der Waals surface area contributed by atoms with E-state index < -0.39 is 0 Å². The fraction of sp³-hybridized carbons (Fsp3) is 0.438. The molecule has 0 bridgehead atoms. The van der Waals surface area contributed by atoms with Gasteiger partial charge in [0.25, 0.3) is 0 Å². The number of nitrogens with one attached hydrogen (secondary N) is 1. The highest BCUT2D eigenvalue weighted by Crippen LogP contribution is 2.30. The average molecular weight is 257 g/mol. The Morgan fingerprint density at radius 1 is 1.21 bits per heavy atom. The molecule has 2 rings (SSSR count). The van der Waals surface area contributed by atoms with E-state index in [1.807, 2.05) is 0 Å². The van der Waals surface area contributed by atoms with E-state index in [4.69, 9.17) is 0 Å². The Bertz CT molecular complexity index is 588. The highest BCUT2D eigenvalue weighted by atomic mass is 15.1. The van der Waals surface area contributed by atoms with Gasteiger partial charge < -0.3 is 10.2 Å². The first-order chi connectivity index (χ1) is 9.04. The summed E-state index contributed by atoms with van der Waals surface area (Å²) >= 11 is 0. The number of aromatic nitrogens is 1. The van der Waals surface area contributed by atoms with Crippen molar-refractivity contribution in [2.45, 2.75) is 27.2 Å². The number of anilines is 2. The van der Waals surface area contributed by atoms with Crippen LogP contribution < -0.4 is 10.2 Å². The van der Waals surface area contributed by atoms with E-state index in [9.17, 15) is 0 Å². The highest BCUT2D eigenvalue weighted by Gasteiger charge is 2.10. The molecule has 0 spiro atoms. The second kappa shape index (κ2) is 5.47. The van der Waals surface area contributed by atoms with E-state index in [-0.39, 0.29) is 0 Å². The summed E-state index contributed by atoms with van der Waals surface area (Å²) < 4.78 is 0. The van der Waals surface area contributed by atoms with Gasteiger partial charge in [-0.15, -0.1) is 0 Å². The molecule has 0 atom stereocenters. The maximum Gasteiger partial charge on any atom is 0.0727 e. The second-order valence-electron chi connectivity index (χ2n) is 5.22. The predicted molar refractivity (Wildman–Crippen MR) is 84.3 cm³/mol. The van der Waals surface area contributed by atoms with Gasteiger partial charge in [0.05, 0.1) is 5.52 Å². The molecule has 3 heteroatoms. The normalized spacial score (nSPS) is 10.8. The summed E-state index contributed by atoms with van der Waals surface area (Å²) in [5, 5.41) is 4.76. The molecule has 3 nitrogen and oxygen atoms in total. The first kappa shape index (κ1) is 13.7. The Morgan fingerprint density at radius 3 is 2.58 bits per heavy atom. The van der Waals surface area contributed by atoms with E-state index in [1.54, 1.807) is 0 Å². The van der Waals surface area contributed by atoms with Gasteiger partial charge in [-0.1, -0.05) is 6.92 Å². The van der Waals surface area contributed by atoms with Gasteiger partial charge in [-0.25, -0.2) is 0 Å². The Hall–Kier alpha value is -1.77. The molecular weight excluding hydrogens is 234 g/mol. The Kier molecular flexibility index (Phi) is 3.93. The molecule has 0 fully saturated rings. The van der Waals surface area contributed by atoms with E-state index in [2.05, 4.69) is 68.3 Å². The van der Waals surface area contributed by atoms with Crippen molar-refractivity contribution in [3.05, 3.63) is 29.5 Å². The molecule has 0 aliphatic carbocycles. The first-order valence-corrected chi connectivity index (χ1v) is 6.86. The molecular formula is C16H23N3. The summed E-state index contributed by atoms with van der Waals surface area (Å²) in [4.78, 5) is 6.81. The van der Waals surface area contributed by atoms with Crippen molar-refractivity contribution < 1.29 is 0 Å². The molecule has 0 saturated heterocycles. The maximum absolute atomic E-state index is 4.69. The van der Waals surface area contributed by atoms with Gasteiger partial charge in [-0.3, -0.25) is 4.98 Å². The largest absolute Gasteiger partial charge is 0.384 e. The molecule has 0 radical (unpaired) electrons. The lowest BCUT2D eigenvalue weighted by Crippen LogP contribution is -2.09. The minimum atomic E-state index is 0.992. The number of pyridine rings is 1. The fourth-order valence-electron chi connectivity index (χ4n) is 2.23. The first-order valence-electron chi connectivity index (χ1n) is 6.86. The van der Waals surface area contributed by atoms with E-state index >= 15 is 0 Å². The maximum atomic E-state index is 4.69. The summed E-state index contributed by atoms with van der Waals surface area (Å²) in [7, 11) is 4.13. The molecule has 0 unspecified atom stereocenters. The van der Waals surface area contributed by atoms with Gasteiger partial charge in [0.1, 0.15) is 0 Å². The molecule has 2 aromatic rings. The predicted octanol–water partition coefficient (Wildman–Crippen LogP) is 3.74. The molecule has 102 valence electrons. The second-order valence-corrected chi connectivity index (χ2v) is 5.22. The van der Waals surface area contributed by atoms with Crippen molar-refractivity contribution in [1.82, 2.24) is 4.98 Å². The average Bonchev–Trinajstić information content (AvgIpc) is 2.39. The van der Waals surface area contributed by atoms with Crippen LogP contribution in [0.5, 0.6) is 0 Å². The third kappa shape index (κ3) is 2.65. The van der Waals surface area contributed by atoms with Gasteiger partial charge >= 0.3 is 0 Å². The molecule has 0 amide bonds. The monoisotopic (exact) mass is 257 g/mol. The molecule has 19 heavy (non-hydrogen) atoms. The highest BCUT2D eigenvalue weighted by molar-refractivity contribution is 5.95. The number of nitrogens with zero attached hydrogens (tertiary/aromatic N) is 2. The van der Waals surface area contributed by atoms with Gasteiger partial charge in [-0.05, 0) is 44.0 Å². The summed E-state index contributed by atoms with van der Waals surface area (Å²) in [6, 6.07) is 6.44. The number of hydrogen-bond acceptors (Lipinski definition) is 3. The smallest absolute Gasteiger partial charge is 0.0727 e. The van der Waals surface area contributed by atoms with Crippen LogP contribution in [-0.4, -0.2) is 25.6 Å². The lowest BCUT2D eigenvalue weighted by Gasteiger charge is -2.17. The van der Waals surface area contributed by atoms with Crippen LogP contribution in [0.4, 0.5) is 11.4 Å². The van der Waals surface area contributed by atoms with E-state index in [1.165, 1.54) is 22.3 Å². The van der Waals surface area contributed by atoms with Crippen LogP contribution in [0.25, 0.3) is 10.9 Å². The molecule has 1 aromatic carbocycles. The summed E-state index contributed by atoms with van der Waals surface area (Å²) in [6.45, 7) is 7.39. The van der Waals surface area contributed by atoms with Crippen LogP contribution in [0.15, 0.2) is 18.2 Å². The van der Waals surface area contributed by atoms with Gasteiger partial charge in [0.15, 0.2) is 0 Å². The van der Waals surface area contributed by atoms with Crippen molar-refractivity contribution in [2.24, 2.45) is 0 Å². The molecule has 1 heterocycles. The summed E-state index contributed by atoms with van der Waals surface area (Å²) in [5.41, 5.74) is 5.85. The molecule has 0 saturated carbocycles. The zero-order chi connectivity index (χ0) is 14.0. The Labute approximate surface area is 115 Å². The van der Waals surface area contributed by atoms with Crippen LogP contribution in [0.3, 0.4) is 0 Å². The number of benzene rings is 1. The zero-order valence-electron chi connectivity index (χ0n) is 12.5. The lowest BCUT2D eigenvalue weighted by molar-refractivity contribution is 0.977. The number of hydrogen-bond donors (Lipinski definition) is 1. The van der Waals surface area contributed by atoms with Gasteiger partial charge in [-0.2, -0.15) is 0 Å². The van der Waals surface area contributed by atoms with Gasteiger partial charge in [0.2, 0.25) is 0 Å². The van der Waals surface area contributed by atoms with Crippen molar-refractivity contribution in [3.63, 3.8) is 0 Å². The van der Waals surface area contributed by atoms with Gasteiger partial charge in [0, 0.05) is 43.1 Å². The Balaban J connectivity index is 2.65. The van der Waals surface area contributed by atoms with Crippen LogP contribution in [0.2, 0.25) is 0 Å². The number of fused-ring (bicyclic) bond motifs is 1. The standard InChI is InChI=1S/C16H23N3/c1-6-9-17-16-11(2)12(3)18-15-8-7-13(19(4)5)10-14(15)16/h7-8,10H,6,9H2,1-5H3,(H,17,18). The van der Waals surface area contributed by atoms with Crippen LogP contribution in [0.1, 0.15) is 24.6 Å². The number of rotatable bonds is 4. The summed E-state index contributed by atoms with van der Waals surface area (Å²) in [6.07, 6.45) is 1.12. The van der Waals surface area contributed by atoms with Crippen LogP contribution in [-0.2, 0) is 0 Å². The zero-order valence-corrected chi connectivity index (χ0v) is 12.5. The number of aryl methyl sites for hydroxylation is 1. The molecule has 0 aliphatic heterocycles. The van der Waals surface area contributed by atoms with E-state index in [0.29, 0.717) is 0 Å². The molecule has 1 aromatic heterocycles. The summed E-state index contributed by atoms with van der Waals surface area (Å²) in [5.74, 6) is 0. The minimum Gasteiger partial charge on any atom is -0.384 e. The van der Waals surface area contributed by atoms with Crippen molar-refractivity contribution >= 4 is 22.3 Å². The molecule has 0 aliphatic rings. The third-order valence-electron chi connectivity index (χ3n) is 3.52. The minimum absolute atomic E-state index is 0.992. The fourth-order valence-corrected chi connectivity index (χ4v) is 2.23. The van der Waals surface area contributed by atoms with Crippen molar-refractivity contribution in [2.75, 3.05) is 30.9 Å². The molecule has 1 N–H and O–H groups in total. The van der Waals surface area contributed by atoms with Crippen molar-refractivity contribution in [3.8, 4) is 0 Å². The SMILES string of the molecule is CCCNc1c(C)c(C)nc2ccc(N(C)C)cc12. The van der Waals surface area contributed by atoms with E-state index in [0.717, 1.165) is 24.2 Å². The topological polar surface area (TPSA) is 28.2 Å². The Morgan fingerprint density at radius 2 is 1.95 bits per heavy atom.